The van der Waals surface area contributed by atoms with Crippen molar-refractivity contribution in [3.05, 3.63) is 23.9 Å². The lowest BCUT2D eigenvalue weighted by molar-refractivity contribution is 0.0493. The van der Waals surface area contributed by atoms with E-state index in [0.717, 1.165) is 18.4 Å². The molecule has 114 valence electrons. The lowest BCUT2D eigenvalue weighted by atomic mass is 10.1. The second-order valence-corrected chi connectivity index (χ2v) is 5.28. The fraction of sp³-hybridized carbons (Fsp3) is 0.500. The van der Waals surface area contributed by atoms with Crippen molar-refractivity contribution in [3.8, 4) is 0 Å². The maximum atomic E-state index is 12.0. The Balaban J connectivity index is 1.81. The van der Waals surface area contributed by atoms with Gasteiger partial charge in [0.05, 0.1) is 12.1 Å². The number of H-pyrrole nitrogens is 1. The van der Waals surface area contributed by atoms with Crippen LogP contribution in [0.15, 0.2) is 18.2 Å². The van der Waals surface area contributed by atoms with Gasteiger partial charge in [-0.15, -0.1) is 0 Å². The van der Waals surface area contributed by atoms with E-state index in [1.807, 2.05) is 6.07 Å². The van der Waals surface area contributed by atoms with Crippen molar-refractivity contribution in [2.24, 2.45) is 0 Å². The molecule has 0 fully saturated rings. The summed E-state index contributed by atoms with van der Waals surface area (Å²) in [5, 5.41) is 7.55. The van der Waals surface area contributed by atoms with Gasteiger partial charge in [-0.1, -0.05) is 39.0 Å². The number of aromatic amines is 1. The first kappa shape index (κ1) is 15.4. The third-order valence-electron chi connectivity index (χ3n) is 3.51. The SMILES string of the molecule is CCCCCCCCOC(=O)c1n[nH]c2ccc(N)cc12. The number of benzene rings is 1. The van der Waals surface area contributed by atoms with E-state index >= 15 is 0 Å². The third-order valence-corrected chi connectivity index (χ3v) is 3.51. The van der Waals surface area contributed by atoms with Crippen LogP contribution >= 0.6 is 0 Å². The summed E-state index contributed by atoms with van der Waals surface area (Å²) < 4.78 is 5.28. The number of rotatable bonds is 8. The molecular formula is C16H23N3O2. The maximum absolute atomic E-state index is 12.0. The standard InChI is InChI=1S/C16H23N3O2/c1-2-3-4-5-6-7-10-21-16(20)15-13-11-12(17)8-9-14(13)18-19-15/h8-9,11H,2-7,10,17H2,1H3,(H,18,19). The zero-order valence-corrected chi connectivity index (χ0v) is 12.5. The van der Waals surface area contributed by atoms with Gasteiger partial charge in [-0.2, -0.15) is 5.10 Å². The highest BCUT2D eigenvalue weighted by atomic mass is 16.5. The molecule has 0 aliphatic carbocycles. The summed E-state index contributed by atoms with van der Waals surface area (Å²) in [4.78, 5) is 12.0. The number of fused-ring (bicyclic) bond motifs is 1. The summed E-state index contributed by atoms with van der Waals surface area (Å²) in [6, 6.07) is 5.31. The molecule has 1 aromatic carbocycles. The molecule has 5 heteroatoms. The Morgan fingerprint density at radius 3 is 2.81 bits per heavy atom. The van der Waals surface area contributed by atoms with Gasteiger partial charge in [0.2, 0.25) is 0 Å². The molecule has 5 nitrogen and oxygen atoms in total. The Morgan fingerprint density at radius 2 is 2.00 bits per heavy atom. The predicted molar refractivity (Wildman–Crippen MR) is 84.2 cm³/mol. The molecule has 0 amide bonds. The number of nitrogen functional groups attached to an aromatic ring is 1. The fourth-order valence-corrected chi connectivity index (χ4v) is 2.30. The van der Waals surface area contributed by atoms with Crippen LogP contribution in [0.1, 0.15) is 55.9 Å². The number of ether oxygens (including phenoxy) is 1. The number of carbonyl (C=O) groups is 1. The van der Waals surface area contributed by atoms with Gasteiger partial charge in [0.1, 0.15) is 0 Å². The van der Waals surface area contributed by atoms with Crippen LogP contribution < -0.4 is 5.73 Å². The van der Waals surface area contributed by atoms with E-state index in [2.05, 4.69) is 17.1 Å². The van der Waals surface area contributed by atoms with Crippen LogP contribution in [0.5, 0.6) is 0 Å². The molecule has 0 spiro atoms. The van der Waals surface area contributed by atoms with Crippen molar-refractivity contribution >= 4 is 22.6 Å². The number of esters is 1. The van der Waals surface area contributed by atoms with Crippen LogP contribution in [-0.2, 0) is 4.74 Å². The average Bonchev–Trinajstić information content (AvgIpc) is 2.89. The molecule has 0 aliphatic rings. The zero-order valence-electron chi connectivity index (χ0n) is 12.5. The van der Waals surface area contributed by atoms with E-state index in [0.29, 0.717) is 23.4 Å². The Morgan fingerprint density at radius 1 is 1.24 bits per heavy atom. The zero-order chi connectivity index (χ0) is 15.1. The number of hydrogen-bond donors (Lipinski definition) is 2. The van der Waals surface area contributed by atoms with Crippen LogP contribution in [0.25, 0.3) is 10.9 Å². The molecule has 1 heterocycles. The van der Waals surface area contributed by atoms with E-state index < -0.39 is 0 Å². The quantitative estimate of drug-likeness (QED) is 0.441. The molecule has 1 aromatic heterocycles. The monoisotopic (exact) mass is 289 g/mol. The molecule has 21 heavy (non-hydrogen) atoms. The Bertz CT molecular complexity index is 592. The van der Waals surface area contributed by atoms with Gasteiger partial charge in [-0.3, -0.25) is 5.10 Å². The molecule has 0 saturated carbocycles. The van der Waals surface area contributed by atoms with Gasteiger partial charge in [-0.25, -0.2) is 4.79 Å². The molecule has 0 unspecified atom stereocenters. The van der Waals surface area contributed by atoms with E-state index in [4.69, 9.17) is 10.5 Å². The highest BCUT2D eigenvalue weighted by Crippen LogP contribution is 2.19. The Kier molecular flexibility index (Phi) is 5.60. The summed E-state index contributed by atoms with van der Waals surface area (Å²) in [5.41, 5.74) is 7.44. The highest BCUT2D eigenvalue weighted by Gasteiger charge is 2.15. The molecule has 0 bridgehead atoms. The Hall–Kier alpha value is -2.04. The maximum Gasteiger partial charge on any atom is 0.359 e. The third kappa shape index (κ3) is 4.21. The second kappa shape index (κ2) is 7.67. The highest BCUT2D eigenvalue weighted by molar-refractivity contribution is 6.02. The number of carbonyl (C=O) groups excluding carboxylic acids is 1. The summed E-state index contributed by atoms with van der Waals surface area (Å²) >= 11 is 0. The van der Waals surface area contributed by atoms with E-state index in [-0.39, 0.29) is 5.97 Å². The van der Waals surface area contributed by atoms with Crippen LogP contribution in [-0.4, -0.2) is 22.8 Å². The van der Waals surface area contributed by atoms with Crippen molar-refractivity contribution in [2.45, 2.75) is 45.4 Å². The molecule has 3 N–H and O–H groups in total. The van der Waals surface area contributed by atoms with Crippen molar-refractivity contribution in [1.82, 2.24) is 10.2 Å². The summed E-state index contributed by atoms with van der Waals surface area (Å²) in [6.07, 6.45) is 6.98. The van der Waals surface area contributed by atoms with Crippen LogP contribution in [0.3, 0.4) is 0 Å². The number of nitrogens with two attached hydrogens (primary N) is 1. The van der Waals surface area contributed by atoms with Crippen molar-refractivity contribution < 1.29 is 9.53 Å². The molecule has 0 radical (unpaired) electrons. The number of nitrogens with zero attached hydrogens (tertiary/aromatic N) is 1. The lowest BCUT2D eigenvalue weighted by Crippen LogP contribution is -2.07. The lowest BCUT2D eigenvalue weighted by Gasteiger charge is -2.03. The summed E-state index contributed by atoms with van der Waals surface area (Å²) in [6.45, 7) is 2.64. The van der Waals surface area contributed by atoms with E-state index in [9.17, 15) is 4.79 Å². The van der Waals surface area contributed by atoms with Gasteiger partial charge >= 0.3 is 5.97 Å². The van der Waals surface area contributed by atoms with Gasteiger partial charge < -0.3 is 10.5 Å². The van der Waals surface area contributed by atoms with Crippen LogP contribution in [0.4, 0.5) is 5.69 Å². The number of anilines is 1. The molecule has 2 aromatic rings. The van der Waals surface area contributed by atoms with Gasteiger partial charge in [-0.05, 0) is 24.6 Å². The summed E-state index contributed by atoms with van der Waals surface area (Å²) in [7, 11) is 0. The van der Waals surface area contributed by atoms with Crippen LogP contribution in [0, 0.1) is 0 Å². The predicted octanol–water partition coefficient (Wildman–Crippen LogP) is 3.66. The van der Waals surface area contributed by atoms with Crippen molar-refractivity contribution in [2.75, 3.05) is 12.3 Å². The smallest absolute Gasteiger partial charge is 0.359 e. The molecule has 2 rings (SSSR count). The van der Waals surface area contributed by atoms with Crippen molar-refractivity contribution in [3.63, 3.8) is 0 Å². The van der Waals surface area contributed by atoms with E-state index in [1.54, 1.807) is 12.1 Å². The second-order valence-electron chi connectivity index (χ2n) is 5.28. The number of hydrogen-bond acceptors (Lipinski definition) is 4. The number of unbranched alkanes of at least 4 members (excludes halogenated alkanes) is 5. The average molecular weight is 289 g/mol. The van der Waals surface area contributed by atoms with Crippen molar-refractivity contribution in [1.29, 1.82) is 0 Å². The normalized spacial score (nSPS) is 10.9. The molecule has 0 aliphatic heterocycles. The molecular weight excluding hydrogens is 266 g/mol. The fourth-order valence-electron chi connectivity index (χ4n) is 2.30. The molecule has 0 atom stereocenters. The minimum atomic E-state index is -0.389. The summed E-state index contributed by atoms with van der Waals surface area (Å²) in [5.74, 6) is -0.389. The first-order chi connectivity index (χ1) is 10.2. The first-order valence-electron chi connectivity index (χ1n) is 7.63. The Labute approximate surface area is 124 Å². The largest absolute Gasteiger partial charge is 0.461 e. The first-order valence-corrected chi connectivity index (χ1v) is 7.63. The van der Waals surface area contributed by atoms with E-state index in [1.165, 1.54) is 25.7 Å². The van der Waals surface area contributed by atoms with Crippen LogP contribution in [0.2, 0.25) is 0 Å². The van der Waals surface area contributed by atoms with Gasteiger partial charge in [0, 0.05) is 11.1 Å². The molecule has 0 saturated heterocycles. The number of aromatic nitrogens is 2. The minimum absolute atomic E-state index is 0.309. The van der Waals surface area contributed by atoms with Gasteiger partial charge in [0.25, 0.3) is 0 Å². The minimum Gasteiger partial charge on any atom is -0.461 e. The topological polar surface area (TPSA) is 81.0 Å². The van der Waals surface area contributed by atoms with Gasteiger partial charge in [0.15, 0.2) is 5.69 Å². The number of nitrogens with one attached hydrogen (secondary N) is 1.